The van der Waals surface area contributed by atoms with Gasteiger partial charge in [0.2, 0.25) is 11.8 Å². The van der Waals surface area contributed by atoms with Crippen LogP contribution in [0.15, 0.2) is 28.2 Å². The number of hydrogen-bond acceptors (Lipinski definition) is 5. The average molecular weight is 314 g/mol. The zero-order valence-electron chi connectivity index (χ0n) is 9.48. The zero-order chi connectivity index (χ0) is 12.3. The van der Waals surface area contributed by atoms with E-state index in [2.05, 4.69) is 49.6 Å². The van der Waals surface area contributed by atoms with Crippen molar-refractivity contribution in [3.63, 3.8) is 0 Å². The van der Waals surface area contributed by atoms with E-state index in [0.717, 1.165) is 4.47 Å². The molecule has 0 fully saturated rings. The molecular weight excluding hydrogens is 302 g/mol. The molecule has 1 unspecified atom stereocenters. The standard InChI is InChI=1S/C11H12BrN3OS/c1-7(9-4-3-5-17-9)14-11-13-6-8(12)10(15-11)16-2/h3-7H,1-2H3,(H,13,14,15). The van der Waals surface area contributed by atoms with Gasteiger partial charge in [-0.2, -0.15) is 4.98 Å². The number of hydrogen-bond donors (Lipinski definition) is 1. The highest BCUT2D eigenvalue weighted by Crippen LogP contribution is 2.25. The number of ether oxygens (including phenoxy) is 1. The van der Waals surface area contributed by atoms with Crippen LogP contribution in [0.5, 0.6) is 5.88 Å². The number of thiophene rings is 1. The average Bonchev–Trinajstić information content (AvgIpc) is 2.85. The molecular formula is C11H12BrN3OS. The van der Waals surface area contributed by atoms with Gasteiger partial charge in [0.25, 0.3) is 0 Å². The van der Waals surface area contributed by atoms with Gasteiger partial charge in [-0.05, 0) is 34.3 Å². The van der Waals surface area contributed by atoms with E-state index in [-0.39, 0.29) is 6.04 Å². The topological polar surface area (TPSA) is 47.0 Å². The molecule has 2 aromatic rings. The second-order valence-corrected chi connectivity index (χ2v) is 5.27. The molecule has 0 aliphatic carbocycles. The van der Waals surface area contributed by atoms with Crippen molar-refractivity contribution in [2.45, 2.75) is 13.0 Å². The Labute approximate surface area is 112 Å². The monoisotopic (exact) mass is 313 g/mol. The number of aromatic nitrogens is 2. The number of rotatable bonds is 4. The van der Waals surface area contributed by atoms with Gasteiger partial charge in [0.05, 0.1) is 23.8 Å². The highest BCUT2D eigenvalue weighted by molar-refractivity contribution is 9.10. The molecule has 0 aliphatic rings. The predicted molar refractivity (Wildman–Crippen MR) is 72.6 cm³/mol. The highest BCUT2D eigenvalue weighted by atomic mass is 79.9. The predicted octanol–water partition coefficient (Wildman–Crippen LogP) is 3.48. The van der Waals surface area contributed by atoms with Gasteiger partial charge in [-0.1, -0.05) is 6.07 Å². The number of halogens is 1. The molecule has 0 amide bonds. The minimum absolute atomic E-state index is 0.181. The first-order valence-electron chi connectivity index (χ1n) is 5.07. The van der Waals surface area contributed by atoms with Crippen molar-refractivity contribution in [2.24, 2.45) is 0 Å². The van der Waals surface area contributed by atoms with Gasteiger partial charge in [0.15, 0.2) is 0 Å². The van der Waals surface area contributed by atoms with E-state index in [1.165, 1.54) is 4.88 Å². The van der Waals surface area contributed by atoms with Crippen molar-refractivity contribution in [3.05, 3.63) is 33.1 Å². The Bertz CT molecular complexity index is 489. The zero-order valence-corrected chi connectivity index (χ0v) is 11.9. The summed E-state index contributed by atoms with van der Waals surface area (Å²) in [6, 6.07) is 4.29. The van der Waals surface area contributed by atoms with Crippen molar-refractivity contribution < 1.29 is 4.74 Å². The largest absolute Gasteiger partial charge is 0.480 e. The molecule has 0 spiro atoms. The van der Waals surface area contributed by atoms with Crippen molar-refractivity contribution in [1.82, 2.24) is 9.97 Å². The summed E-state index contributed by atoms with van der Waals surface area (Å²) >= 11 is 5.02. The second-order valence-electron chi connectivity index (χ2n) is 3.43. The van der Waals surface area contributed by atoms with Gasteiger partial charge >= 0.3 is 0 Å². The van der Waals surface area contributed by atoms with Crippen LogP contribution in [-0.2, 0) is 0 Å². The van der Waals surface area contributed by atoms with Crippen LogP contribution in [0.2, 0.25) is 0 Å². The smallest absolute Gasteiger partial charge is 0.232 e. The minimum atomic E-state index is 0.181. The van der Waals surface area contributed by atoms with Gasteiger partial charge in [-0.3, -0.25) is 0 Å². The van der Waals surface area contributed by atoms with Crippen molar-refractivity contribution in [2.75, 3.05) is 12.4 Å². The molecule has 17 heavy (non-hydrogen) atoms. The molecule has 1 atom stereocenters. The van der Waals surface area contributed by atoms with E-state index in [1.807, 2.05) is 6.07 Å². The lowest BCUT2D eigenvalue weighted by atomic mass is 10.3. The molecule has 0 aromatic carbocycles. The lowest BCUT2D eigenvalue weighted by Crippen LogP contribution is -2.08. The SMILES string of the molecule is COc1nc(NC(C)c2cccs2)ncc1Br. The molecule has 1 N–H and O–H groups in total. The van der Waals surface area contributed by atoms with Crippen LogP contribution in [-0.4, -0.2) is 17.1 Å². The van der Waals surface area contributed by atoms with Crippen LogP contribution in [0.1, 0.15) is 17.8 Å². The Morgan fingerprint density at radius 2 is 2.35 bits per heavy atom. The molecule has 0 saturated heterocycles. The summed E-state index contributed by atoms with van der Waals surface area (Å²) in [5.41, 5.74) is 0. The first-order chi connectivity index (χ1) is 8.20. The summed E-state index contributed by atoms with van der Waals surface area (Å²) in [5, 5.41) is 5.29. The Morgan fingerprint density at radius 1 is 1.53 bits per heavy atom. The fourth-order valence-electron chi connectivity index (χ4n) is 1.37. The molecule has 0 radical (unpaired) electrons. The molecule has 4 nitrogen and oxygen atoms in total. The van der Waals surface area contributed by atoms with E-state index in [0.29, 0.717) is 11.8 Å². The molecule has 90 valence electrons. The van der Waals surface area contributed by atoms with Crippen molar-refractivity contribution in [1.29, 1.82) is 0 Å². The van der Waals surface area contributed by atoms with Gasteiger partial charge in [-0.25, -0.2) is 4.98 Å². The molecule has 6 heteroatoms. The summed E-state index contributed by atoms with van der Waals surface area (Å²) in [6.45, 7) is 2.07. The highest BCUT2D eigenvalue weighted by Gasteiger charge is 2.10. The van der Waals surface area contributed by atoms with E-state index in [9.17, 15) is 0 Å². The van der Waals surface area contributed by atoms with Gasteiger partial charge < -0.3 is 10.1 Å². The Hall–Kier alpha value is -1.14. The fraction of sp³-hybridized carbons (Fsp3) is 0.273. The van der Waals surface area contributed by atoms with E-state index < -0.39 is 0 Å². The summed E-state index contributed by atoms with van der Waals surface area (Å²) in [7, 11) is 1.58. The maximum atomic E-state index is 5.12. The summed E-state index contributed by atoms with van der Waals surface area (Å²) in [4.78, 5) is 9.69. The molecule has 2 aromatic heterocycles. The number of methoxy groups -OCH3 is 1. The van der Waals surface area contributed by atoms with E-state index in [1.54, 1.807) is 24.6 Å². The van der Waals surface area contributed by atoms with Crippen LogP contribution in [0.4, 0.5) is 5.95 Å². The van der Waals surface area contributed by atoms with E-state index in [4.69, 9.17) is 4.74 Å². The maximum Gasteiger partial charge on any atom is 0.232 e. The van der Waals surface area contributed by atoms with Crippen molar-refractivity contribution in [3.8, 4) is 5.88 Å². The molecule has 0 bridgehead atoms. The normalized spacial score (nSPS) is 12.2. The molecule has 2 heterocycles. The van der Waals surface area contributed by atoms with Crippen LogP contribution in [0, 0.1) is 0 Å². The second kappa shape index (κ2) is 5.46. The number of nitrogens with one attached hydrogen (secondary N) is 1. The maximum absolute atomic E-state index is 5.12. The Kier molecular flexibility index (Phi) is 3.96. The third-order valence-electron chi connectivity index (χ3n) is 2.22. The summed E-state index contributed by atoms with van der Waals surface area (Å²) in [6.07, 6.45) is 1.68. The van der Waals surface area contributed by atoms with Crippen LogP contribution < -0.4 is 10.1 Å². The van der Waals surface area contributed by atoms with Crippen LogP contribution in [0.3, 0.4) is 0 Å². The lowest BCUT2D eigenvalue weighted by molar-refractivity contribution is 0.394. The Balaban J connectivity index is 2.13. The first kappa shape index (κ1) is 12.3. The first-order valence-corrected chi connectivity index (χ1v) is 6.74. The summed E-state index contributed by atoms with van der Waals surface area (Å²) in [5.74, 6) is 1.09. The molecule has 2 rings (SSSR count). The fourth-order valence-corrected chi connectivity index (χ4v) is 2.45. The van der Waals surface area contributed by atoms with Crippen molar-refractivity contribution >= 4 is 33.2 Å². The van der Waals surface area contributed by atoms with E-state index >= 15 is 0 Å². The van der Waals surface area contributed by atoms with Crippen LogP contribution in [0.25, 0.3) is 0 Å². The number of anilines is 1. The quantitative estimate of drug-likeness (QED) is 0.938. The Morgan fingerprint density at radius 3 is 3.00 bits per heavy atom. The minimum Gasteiger partial charge on any atom is -0.480 e. The molecule has 0 saturated carbocycles. The van der Waals surface area contributed by atoms with Gasteiger partial charge in [0, 0.05) is 4.88 Å². The summed E-state index contributed by atoms with van der Waals surface area (Å²) < 4.78 is 5.87. The third kappa shape index (κ3) is 2.95. The lowest BCUT2D eigenvalue weighted by Gasteiger charge is -2.12. The number of nitrogens with zero attached hydrogens (tertiary/aromatic N) is 2. The van der Waals surface area contributed by atoms with Gasteiger partial charge in [0.1, 0.15) is 0 Å². The van der Waals surface area contributed by atoms with Crippen LogP contribution >= 0.6 is 27.3 Å². The molecule has 0 aliphatic heterocycles. The van der Waals surface area contributed by atoms with Gasteiger partial charge in [-0.15, -0.1) is 11.3 Å². The third-order valence-corrected chi connectivity index (χ3v) is 3.82.